The monoisotopic (exact) mass is 346 g/mol. The van der Waals surface area contributed by atoms with E-state index in [1.807, 2.05) is 0 Å². The number of carbonyl (C=O) groups is 1. The number of benzene rings is 1. The molecule has 1 fully saturated rings. The minimum Gasteiger partial charge on any atom is -0.362 e. The SMILES string of the molecule is O=C(c1ccc(Cl)cc1)N1N=C2CCCCC2C1(O)C(F)(F)F. The van der Waals surface area contributed by atoms with Crippen molar-refractivity contribution >= 4 is 23.2 Å². The summed E-state index contributed by atoms with van der Waals surface area (Å²) in [4.78, 5) is 12.5. The van der Waals surface area contributed by atoms with E-state index < -0.39 is 23.7 Å². The molecule has 8 heteroatoms. The predicted molar refractivity (Wildman–Crippen MR) is 78.0 cm³/mol. The quantitative estimate of drug-likeness (QED) is 0.844. The number of hydrazone groups is 1. The molecule has 1 aliphatic heterocycles. The first-order valence-corrected chi connectivity index (χ1v) is 7.59. The maximum atomic E-state index is 13.6. The second-order valence-electron chi connectivity index (χ2n) is 5.74. The lowest BCUT2D eigenvalue weighted by Crippen LogP contribution is -2.61. The van der Waals surface area contributed by atoms with Gasteiger partial charge in [-0.05, 0) is 43.5 Å². The van der Waals surface area contributed by atoms with Gasteiger partial charge in [0, 0.05) is 16.3 Å². The normalized spacial score (nSPS) is 27.6. The van der Waals surface area contributed by atoms with E-state index >= 15 is 0 Å². The van der Waals surface area contributed by atoms with Crippen molar-refractivity contribution in [2.24, 2.45) is 11.0 Å². The molecule has 1 heterocycles. The van der Waals surface area contributed by atoms with Gasteiger partial charge in [0.1, 0.15) is 0 Å². The van der Waals surface area contributed by atoms with E-state index in [1.165, 1.54) is 24.3 Å². The highest BCUT2D eigenvalue weighted by Crippen LogP contribution is 2.48. The van der Waals surface area contributed by atoms with Crippen molar-refractivity contribution in [3.05, 3.63) is 34.9 Å². The van der Waals surface area contributed by atoms with Gasteiger partial charge in [-0.3, -0.25) is 4.79 Å². The Morgan fingerprint density at radius 2 is 1.96 bits per heavy atom. The lowest BCUT2D eigenvalue weighted by Gasteiger charge is -2.38. The van der Waals surface area contributed by atoms with Crippen LogP contribution in [0.15, 0.2) is 29.4 Å². The van der Waals surface area contributed by atoms with Gasteiger partial charge in [0.15, 0.2) is 0 Å². The first-order chi connectivity index (χ1) is 10.7. The van der Waals surface area contributed by atoms with E-state index in [-0.39, 0.29) is 22.7 Å². The lowest BCUT2D eigenvalue weighted by molar-refractivity contribution is -0.312. The third-order valence-electron chi connectivity index (χ3n) is 4.32. The van der Waals surface area contributed by atoms with Crippen molar-refractivity contribution in [2.75, 3.05) is 0 Å². The van der Waals surface area contributed by atoms with Crippen molar-refractivity contribution in [2.45, 2.75) is 37.6 Å². The molecule has 0 aromatic heterocycles. The maximum absolute atomic E-state index is 13.6. The van der Waals surface area contributed by atoms with E-state index in [0.29, 0.717) is 24.3 Å². The summed E-state index contributed by atoms with van der Waals surface area (Å²) in [6, 6.07) is 5.42. The van der Waals surface area contributed by atoms with Crippen LogP contribution in [-0.2, 0) is 0 Å². The molecule has 2 unspecified atom stereocenters. The predicted octanol–water partition coefficient (Wildman–Crippen LogP) is 3.59. The molecule has 2 atom stereocenters. The third-order valence-corrected chi connectivity index (χ3v) is 4.57. The third kappa shape index (κ3) is 2.52. The standard InChI is InChI=1S/C15H14ClF3N2O2/c16-10-7-5-9(6-8-10)13(22)21-14(23,15(17,18)19)11-3-1-2-4-12(11)20-21/h5-8,11,23H,1-4H2. The van der Waals surface area contributed by atoms with E-state index in [2.05, 4.69) is 5.10 Å². The van der Waals surface area contributed by atoms with Crippen LogP contribution >= 0.6 is 11.6 Å². The molecule has 3 rings (SSSR count). The number of hydrogen-bond donors (Lipinski definition) is 1. The zero-order valence-corrected chi connectivity index (χ0v) is 12.7. The molecular formula is C15H14ClF3N2O2. The number of alkyl halides is 3. The Morgan fingerprint density at radius 3 is 2.57 bits per heavy atom. The highest BCUT2D eigenvalue weighted by Gasteiger charge is 2.68. The van der Waals surface area contributed by atoms with Crippen molar-refractivity contribution in [1.82, 2.24) is 5.01 Å². The number of nitrogens with zero attached hydrogens (tertiary/aromatic N) is 2. The van der Waals surface area contributed by atoms with Crippen LogP contribution in [0.1, 0.15) is 36.0 Å². The second kappa shape index (κ2) is 5.49. The number of aliphatic hydroxyl groups is 1. The van der Waals surface area contributed by atoms with E-state index in [0.717, 1.165) is 0 Å². The van der Waals surface area contributed by atoms with Crippen LogP contribution in [-0.4, -0.2) is 33.6 Å². The van der Waals surface area contributed by atoms with E-state index in [1.54, 1.807) is 0 Å². The number of hydrogen-bond acceptors (Lipinski definition) is 3. The number of amides is 1. The number of fused-ring (bicyclic) bond motifs is 1. The molecule has 0 spiro atoms. The van der Waals surface area contributed by atoms with Crippen molar-refractivity contribution in [3.8, 4) is 0 Å². The average molecular weight is 347 g/mol. The van der Waals surface area contributed by atoms with E-state index in [9.17, 15) is 23.1 Å². The summed E-state index contributed by atoms with van der Waals surface area (Å²) in [7, 11) is 0. The molecule has 1 aliphatic carbocycles. The van der Waals surface area contributed by atoms with Crippen LogP contribution in [0.2, 0.25) is 5.02 Å². The maximum Gasteiger partial charge on any atom is 0.439 e. The molecule has 4 nitrogen and oxygen atoms in total. The Morgan fingerprint density at radius 1 is 1.30 bits per heavy atom. The minimum atomic E-state index is -5.00. The molecule has 1 aromatic rings. The number of rotatable bonds is 1. The van der Waals surface area contributed by atoms with Gasteiger partial charge < -0.3 is 5.11 Å². The van der Waals surface area contributed by atoms with Gasteiger partial charge in [0.05, 0.1) is 5.92 Å². The molecular weight excluding hydrogens is 333 g/mol. The molecule has 2 aliphatic rings. The molecule has 124 valence electrons. The molecule has 1 aromatic carbocycles. The zero-order valence-electron chi connectivity index (χ0n) is 12.0. The number of halogens is 4. The highest BCUT2D eigenvalue weighted by molar-refractivity contribution is 6.30. The highest BCUT2D eigenvalue weighted by atomic mass is 35.5. The molecule has 1 amide bonds. The van der Waals surface area contributed by atoms with Crippen molar-refractivity contribution in [3.63, 3.8) is 0 Å². The minimum absolute atomic E-state index is 0.0138. The van der Waals surface area contributed by atoms with Crippen LogP contribution in [0, 0.1) is 5.92 Å². The molecule has 0 bridgehead atoms. The van der Waals surface area contributed by atoms with E-state index in [4.69, 9.17) is 11.6 Å². The summed E-state index contributed by atoms with van der Waals surface area (Å²) in [5, 5.41) is 14.8. The summed E-state index contributed by atoms with van der Waals surface area (Å²) < 4.78 is 40.7. The topological polar surface area (TPSA) is 52.9 Å². The van der Waals surface area contributed by atoms with Crippen molar-refractivity contribution in [1.29, 1.82) is 0 Å². The van der Waals surface area contributed by atoms with Crippen LogP contribution in [0.3, 0.4) is 0 Å². The fourth-order valence-electron chi connectivity index (χ4n) is 3.13. The fourth-order valence-corrected chi connectivity index (χ4v) is 3.26. The summed E-state index contributed by atoms with van der Waals surface area (Å²) in [6.07, 6.45) is -3.23. The van der Waals surface area contributed by atoms with Gasteiger partial charge in [-0.1, -0.05) is 18.0 Å². The van der Waals surface area contributed by atoms with Crippen molar-refractivity contribution < 1.29 is 23.1 Å². The molecule has 0 saturated heterocycles. The van der Waals surface area contributed by atoms with Gasteiger partial charge in [-0.2, -0.15) is 23.3 Å². The van der Waals surface area contributed by atoms with Gasteiger partial charge >= 0.3 is 6.18 Å². The summed E-state index contributed by atoms with van der Waals surface area (Å²) in [5.74, 6) is -2.20. The van der Waals surface area contributed by atoms with Crippen LogP contribution in [0.25, 0.3) is 0 Å². The first kappa shape index (κ1) is 16.3. The molecule has 0 radical (unpaired) electrons. The smallest absolute Gasteiger partial charge is 0.362 e. The molecule has 23 heavy (non-hydrogen) atoms. The molecule has 1 N–H and O–H groups in total. The van der Waals surface area contributed by atoms with Gasteiger partial charge in [-0.15, -0.1) is 0 Å². The Balaban J connectivity index is 2.03. The van der Waals surface area contributed by atoms with Gasteiger partial charge in [0.2, 0.25) is 0 Å². The largest absolute Gasteiger partial charge is 0.439 e. The van der Waals surface area contributed by atoms with Gasteiger partial charge in [-0.25, -0.2) is 0 Å². The zero-order chi connectivity index (χ0) is 16.8. The Hall–Kier alpha value is -1.60. The summed E-state index contributed by atoms with van der Waals surface area (Å²) in [6.45, 7) is 0. The Labute approximate surface area is 135 Å². The van der Waals surface area contributed by atoms with Gasteiger partial charge in [0.25, 0.3) is 11.6 Å². The van der Waals surface area contributed by atoms with Crippen LogP contribution < -0.4 is 0 Å². The second-order valence-corrected chi connectivity index (χ2v) is 6.17. The average Bonchev–Trinajstić information content (AvgIpc) is 2.82. The summed E-state index contributed by atoms with van der Waals surface area (Å²) >= 11 is 5.72. The summed E-state index contributed by atoms with van der Waals surface area (Å²) in [5.41, 5.74) is -3.07. The Bertz CT molecular complexity index is 660. The Kier molecular flexibility index (Phi) is 3.88. The molecule has 1 saturated carbocycles. The number of carbonyl (C=O) groups excluding carboxylic acids is 1. The van der Waals surface area contributed by atoms with Crippen LogP contribution in [0.5, 0.6) is 0 Å². The fraction of sp³-hybridized carbons (Fsp3) is 0.467. The lowest BCUT2D eigenvalue weighted by atomic mass is 9.80. The first-order valence-electron chi connectivity index (χ1n) is 7.21. The van der Waals surface area contributed by atoms with Crippen LogP contribution in [0.4, 0.5) is 13.2 Å².